The van der Waals surface area contributed by atoms with Crippen molar-refractivity contribution in [1.82, 2.24) is 10.3 Å². The predicted molar refractivity (Wildman–Crippen MR) is 159 cm³/mol. The van der Waals surface area contributed by atoms with E-state index in [1.807, 2.05) is 73.7 Å². The first kappa shape index (κ1) is 29.5. The van der Waals surface area contributed by atoms with Gasteiger partial charge in [-0.05, 0) is 30.7 Å². The Morgan fingerprint density at radius 3 is 2.08 bits per heavy atom. The summed E-state index contributed by atoms with van der Waals surface area (Å²) < 4.78 is 21.7. The molecule has 8 nitrogen and oxygen atoms in total. The van der Waals surface area contributed by atoms with E-state index >= 15 is 0 Å². The molecule has 0 saturated heterocycles. The van der Waals surface area contributed by atoms with Gasteiger partial charge in [-0.15, -0.1) is 0 Å². The fraction of sp³-hybridized carbons (Fsp3) is 0.344. The molecule has 3 N–H and O–H groups in total. The highest BCUT2D eigenvalue weighted by atomic mass is 16.6. The fourth-order valence-electron chi connectivity index (χ4n) is 4.23. The van der Waals surface area contributed by atoms with Gasteiger partial charge < -0.3 is 34.4 Å². The van der Waals surface area contributed by atoms with Crippen molar-refractivity contribution in [2.24, 2.45) is 4.99 Å². The van der Waals surface area contributed by atoms with Crippen LogP contribution in [0.4, 0.5) is 5.69 Å². The van der Waals surface area contributed by atoms with Crippen LogP contribution >= 0.6 is 0 Å². The van der Waals surface area contributed by atoms with Crippen LogP contribution in [0.1, 0.15) is 23.6 Å². The summed E-state index contributed by atoms with van der Waals surface area (Å²) in [6, 6.07) is 25.9. The average molecular weight is 546 g/mol. The molecule has 0 aliphatic carbocycles. The number of para-hydroxylation sites is 1. The Kier molecular flexibility index (Phi) is 12.2. The SMILES string of the molecule is CCOCCOCCOCCOCCNCc1ccc(N=C(c2ccccc2)c2c(O)[nH]c3ccccc23)cc1. The van der Waals surface area contributed by atoms with Crippen molar-refractivity contribution in [2.75, 3.05) is 59.4 Å². The number of aliphatic imine (C=N–C) groups is 1. The summed E-state index contributed by atoms with van der Waals surface area (Å²) in [6.07, 6.45) is 0. The molecule has 0 aliphatic heterocycles. The molecule has 0 saturated carbocycles. The first-order valence-corrected chi connectivity index (χ1v) is 13.8. The number of hydrogen-bond donors (Lipinski definition) is 3. The van der Waals surface area contributed by atoms with Gasteiger partial charge in [0.05, 0.1) is 63.2 Å². The molecule has 0 radical (unpaired) electrons. The van der Waals surface area contributed by atoms with Crippen LogP contribution in [-0.4, -0.2) is 75.2 Å². The topological polar surface area (TPSA) is 97.3 Å². The van der Waals surface area contributed by atoms with Gasteiger partial charge in [-0.2, -0.15) is 0 Å². The first-order chi connectivity index (χ1) is 19.8. The Hall–Kier alpha value is -3.53. The monoisotopic (exact) mass is 545 g/mol. The molecule has 212 valence electrons. The number of aromatic amines is 1. The lowest BCUT2D eigenvalue weighted by atomic mass is 10.0. The van der Waals surface area contributed by atoms with Gasteiger partial charge in [-0.25, -0.2) is 4.99 Å². The second kappa shape index (κ2) is 16.5. The van der Waals surface area contributed by atoms with Crippen LogP contribution in [0.2, 0.25) is 0 Å². The van der Waals surface area contributed by atoms with Crippen LogP contribution in [0.25, 0.3) is 10.9 Å². The van der Waals surface area contributed by atoms with Crippen LogP contribution in [0, 0.1) is 0 Å². The summed E-state index contributed by atoms with van der Waals surface area (Å²) in [6.45, 7) is 8.24. The van der Waals surface area contributed by atoms with Gasteiger partial charge in [0.1, 0.15) is 0 Å². The molecule has 8 heteroatoms. The van der Waals surface area contributed by atoms with E-state index in [-0.39, 0.29) is 5.88 Å². The van der Waals surface area contributed by atoms with E-state index in [0.29, 0.717) is 58.4 Å². The normalized spacial score (nSPS) is 11.9. The third-order valence-electron chi connectivity index (χ3n) is 6.22. The van der Waals surface area contributed by atoms with Crippen LogP contribution in [0.15, 0.2) is 83.9 Å². The van der Waals surface area contributed by atoms with Crippen molar-refractivity contribution >= 4 is 22.3 Å². The van der Waals surface area contributed by atoms with E-state index < -0.39 is 0 Å². The predicted octanol–water partition coefficient (Wildman–Crippen LogP) is 5.22. The van der Waals surface area contributed by atoms with Gasteiger partial charge >= 0.3 is 0 Å². The minimum Gasteiger partial charge on any atom is -0.494 e. The number of nitrogens with one attached hydrogen (secondary N) is 2. The van der Waals surface area contributed by atoms with E-state index in [9.17, 15) is 5.11 Å². The van der Waals surface area contributed by atoms with Crippen molar-refractivity contribution in [2.45, 2.75) is 13.5 Å². The van der Waals surface area contributed by atoms with Crippen molar-refractivity contribution in [3.63, 3.8) is 0 Å². The molecule has 0 atom stereocenters. The highest BCUT2D eigenvalue weighted by Gasteiger charge is 2.18. The maximum atomic E-state index is 10.8. The van der Waals surface area contributed by atoms with Crippen LogP contribution in [0.5, 0.6) is 5.88 Å². The smallest absolute Gasteiger partial charge is 0.199 e. The standard InChI is InChI=1S/C32H39N3O5/c1-2-37-18-19-39-22-23-40-21-20-38-17-16-33-24-25-12-14-27(15-13-25)34-31(26-8-4-3-5-9-26)30-28-10-6-7-11-29(28)35-32(30)36/h3-15,33,35-36H,2,16-24H2,1H3. The second-order valence-corrected chi connectivity index (χ2v) is 9.10. The molecular weight excluding hydrogens is 506 g/mol. The zero-order chi connectivity index (χ0) is 27.8. The number of nitrogens with zero attached hydrogens (tertiary/aromatic N) is 1. The van der Waals surface area contributed by atoms with E-state index in [2.05, 4.69) is 22.4 Å². The van der Waals surface area contributed by atoms with E-state index in [4.69, 9.17) is 23.9 Å². The van der Waals surface area contributed by atoms with Crippen LogP contribution < -0.4 is 5.32 Å². The van der Waals surface area contributed by atoms with Crippen molar-refractivity contribution < 1.29 is 24.1 Å². The van der Waals surface area contributed by atoms with Crippen LogP contribution in [0.3, 0.4) is 0 Å². The summed E-state index contributed by atoms with van der Waals surface area (Å²) >= 11 is 0. The average Bonchev–Trinajstić information content (AvgIpc) is 3.32. The van der Waals surface area contributed by atoms with Crippen molar-refractivity contribution in [3.8, 4) is 5.88 Å². The van der Waals surface area contributed by atoms with Gasteiger partial charge in [0, 0.05) is 36.2 Å². The molecule has 4 aromatic rings. The molecule has 1 heterocycles. The van der Waals surface area contributed by atoms with Crippen LogP contribution in [-0.2, 0) is 25.5 Å². The molecule has 0 amide bonds. The molecule has 0 bridgehead atoms. The quantitative estimate of drug-likeness (QED) is 0.117. The summed E-state index contributed by atoms with van der Waals surface area (Å²) in [7, 11) is 0. The van der Waals surface area contributed by atoms with Crippen molar-refractivity contribution in [1.29, 1.82) is 0 Å². The van der Waals surface area contributed by atoms with Gasteiger partial charge in [0.15, 0.2) is 5.88 Å². The number of benzene rings is 3. The van der Waals surface area contributed by atoms with E-state index in [1.165, 1.54) is 0 Å². The highest BCUT2D eigenvalue weighted by Crippen LogP contribution is 2.31. The zero-order valence-corrected chi connectivity index (χ0v) is 23.1. The summed E-state index contributed by atoms with van der Waals surface area (Å²) in [5.41, 5.74) is 5.19. The molecular formula is C32H39N3O5. The molecule has 3 aromatic carbocycles. The fourth-order valence-corrected chi connectivity index (χ4v) is 4.23. The zero-order valence-electron chi connectivity index (χ0n) is 23.1. The summed E-state index contributed by atoms with van der Waals surface area (Å²) in [4.78, 5) is 8.04. The maximum absolute atomic E-state index is 10.8. The van der Waals surface area contributed by atoms with Gasteiger partial charge in [0.2, 0.25) is 0 Å². The van der Waals surface area contributed by atoms with Crippen molar-refractivity contribution in [3.05, 3.63) is 95.6 Å². The number of aromatic nitrogens is 1. The molecule has 4 rings (SSSR count). The molecule has 40 heavy (non-hydrogen) atoms. The minimum atomic E-state index is 0.112. The lowest BCUT2D eigenvalue weighted by molar-refractivity contribution is -0.000119. The van der Waals surface area contributed by atoms with E-state index in [1.54, 1.807) is 0 Å². The highest BCUT2D eigenvalue weighted by molar-refractivity contribution is 6.21. The molecule has 0 fully saturated rings. The number of ether oxygens (including phenoxy) is 4. The summed E-state index contributed by atoms with van der Waals surface area (Å²) in [5, 5.41) is 15.1. The first-order valence-electron chi connectivity index (χ1n) is 13.8. The third kappa shape index (κ3) is 9.01. The lowest BCUT2D eigenvalue weighted by Gasteiger charge is -2.09. The molecule has 0 unspecified atom stereocenters. The largest absolute Gasteiger partial charge is 0.494 e. The Morgan fingerprint density at radius 2 is 1.38 bits per heavy atom. The Balaban J connectivity index is 1.23. The van der Waals surface area contributed by atoms with E-state index in [0.717, 1.165) is 46.5 Å². The number of fused-ring (bicyclic) bond motifs is 1. The summed E-state index contributed by atoms with van der Waals surface area (Å²) in [5.74, 6) is 0.112. The number of hydrogen-bond acceptors (Lipinski definition) is 7. The Bertz CT molecular complexity index is 1310. The minimum absolute atomic E-state index is 0.112. The third-order valence-corrected chi connectivity index (χ3v) is 6.22. The van der Waals surface area contributed by atoms with Gasteiger partial charge in [-0.3, -0.25) is 0 Å². The number of rotatable bonds is 18. The maximum Gasteiger partial charge on any atom is 0.199 e. The molecule has 1 aromatic heterocycles. The molecule has 0 aliphatic rings. The second-order valence-electron chi connectivity index (χ2n) is 9.10. The Labute approximate surface area is 236 Å². The molecule has 0 spiro atoms. The number of H-pyrrole nitrogens is 1. The lowest BCUT2D eigenvalue weighted by Crippen LogP contribution is -2.20. The number of aromatic hydroxyl groups is 1. The van der Waals surface area contributed by atoms with Gasteiger partial charge in [-0.1, -0.05) is 60.7 Å². The van der Waals surface area contributed by atoms with Gasteiger partial charge in [0.25, 0.3) is 0 Å². The Morgan fingerprint density at radius 1 is 0.750 bits per heavy atom.